The van der Waals surface area contributed by atoms with Gasteiger partial charge in [-0.15, -0.1) is 0 Å². The molecule has 1 fully saturated rings. The van der Waals surface area contributed by atoms with E-state index in [1.807, 2.05) is 54.7 Å². The maximum atomic E-state index is 13.6. The summed E-state index contributed by atoms with van der Waals surface area (Å²) in [7, 11) is 1.94. The van der Waals surface area contributed by atoms with Gasteiger partial charge < -0.3 is 4.90 Å². The number of piperidine rings is 1. The standard InChI is InChI=1S/C27H32N4O/c1-20-9-4-5-12-24(20)26(25-21(2)10-8-16-29-25)30(3)27(32)22-13-17-31(18-14-22)19-23-11-6-7-15-28-23/h4-12,15-16,22,26H,13-14,17-19H2,1-3H3. The van der Waals surface area contributed by atoms with E-state index in [2.05, 4.69) is 48.0 Å². The van der Waals surface area contributed by atoms with Gasteiger partial charge in [0.2, 0.25) is 5.91 Å². The van der Waals surface area contributed by atoms with Crippen molar-refractivity contribution in [3.63, 3.8) is 0 Å². The van der Waals surface area contributed by atoms with E-state index < -0.39 is 0 Å². The van der Waals surface area contributed by atoms with Crippen LogP contribution in [0.4, 0.5) is 0 Å². The average Bonchev–Trinajstić information content (AvgIpc) is 2.82. The molecule has 1 saturated heterocycles. The number of pyridine rings is 2. The van der Waals surface area contributed by atoms with Gasteiger partial charge in [0.05, 0.1) is 17.4 Å². The highest BCUT2D eigenvalue weighted by Crippen LogP contribution is 2.33. The van der Waals surface area contributed by atoms with Crippen LogP contribution in [0.5, 0.6) is 0 Å². The predicted molar refractivity (Wildman–Crippen MR) is 127 cm³/mol. The van der Waals surface area contributed by atoms with Gasteiger partial charge in [-0.05, 0) is 74.7 Å². The summed E-state index contributed by atoms with van der Waals surface area (Å²) in [5.74, 6) is 0.247. The summed E-state index contributed by atoms with van der Waals surface area (Å²) in [6.07, 6.45) is 5.41. The van der Waals surface area contributed by atoms with Gasteiger partial charge in [-0.2, -0.15) is 0 Å². The molecule has 166 valence electrons. The predicted octanol–water partition coefficient (Wildman–Crippen LogP) is 4.55. The summed E-state index contributed by atoms with van der Waals surface area (Å²) < 4.78 is 0. The van der Waals surface area contributed by atoms with Crippen molar-refractivity contribution in [1.82, 2.24) is 19.8 Å². The van der Waals surface area contributed by atoms with Gasteiger partial charge in [-0.25, -0.2) is 0 Å². The first-order valence-electron chi connectivity index (χ1n) is 11.4. The van der Waals surface area contributed by atoms with Crippen LogP contribution >= 0.6 is 0 Å². The number of likely N-dealkylation sites (tertiary alicyclic amines) is 1. The Bertz CT molecular complexity index is 999. The van der Waals surface area contributed by atoms with Crippen LogP contribution in [0.25, 0.3) is 0 Å². The van der Waals surface area contributed by atoms with Gasteiger partial charge in [0, 0.05) is 31.9 Å². The summed E-state index contributed by atoms with van der Waals surface area (Å²) in [5.41, 5.74) is 5.44. The third-order valence-electron chi connectivity index (χ3n) is 6.58. The summed E-state index contributed by atoms with van der Waals surface area (Å²) in [5, 5.41) is 0. The summed E-state index contributed by atoms with van der Waals surface area (Å²) in [6, 6.07) is 18.2. The zero-order chi connectivity index (χ0) is 22.5. The summed E-state index contributed by atoms with van der Waals surface area (Å²) >= 11 is 0. The lowest BCUT2D eigenvalue weighted by Crippen LogP contribution is -2.42. The van der Waals surface area contributed by atoms with Crippen LogP contribution in [0.2, 0.25) is 0 Å². The molecular weight excluding hydrogens is 396 g/mol. The second-order valence-electron chi connectivity index (χ2n) is 8.79. The first-order chi connectivity index (χ1) is 15.5. The Morgan fingerprint density at radius 1 is 0.969 bits per heavy atom. The number of carbonyl (C=O) groups is 1. The van der Waals surface area contributed by atoms with E-state index in [1.165, 1.54) is 5.56 Å². The fourth-order valence-electron chi connectivity index (χ4n) is 4.69. The van der Waals surface area contributed by atoms with E-state index in [1.54, 1.807) is 0 Å². The third-order valence-corrected chi connectivity index (χ3v) is 6.58. The molecule has 5 heteroatoms. The van der Waals surface area contributed by atoms with Crippen LogP contribution in [0, 0.1) is 19.8 Å². The number of amides is 1. The molecule has 5 nitrogen and oxygen atoms in total. The van der Waals surface area contributed by atoms with Crippen molar-refractivity contribution in [2.24, 2.45) is 5.92 Å². The second kappa shape index (κ2) is 10.0. The van der Waals surface area contributed by atoms with Gasteiger partial charge in [0.25, 0.3) is 0 Å². The van der Waals surface area contributed by atoms with Crippen molar-refractivity contribution >= 4 is 5.91 Å². The Labute approximate surface area is 191 Å². The maximum Gasteiger partial charge on any atom is 0.226 e. The molecule has 0 saturated carbocycles. The van der Waals surface area contributed by atoms with Gasteiger partial charge in [0.15, 0.2) is 0 Å². The number of hydrogen-bond donors (Lipinski definition) is 0. The largest absolute Gasteiger partial charge is 0.333 e. The number of benzene rings is 1. The van der Waals surface area contributed by atoms with Gasteiger partial charge in [-0.1, -0.05) is 36.4 Å². The molecule has 4 rings (SSSR count). The molecule has 0 radical (unpaired) electrons. The van der Waals surface area contributed by atoms with E-state index in [0.717, 1.165) is 55.0 Å². The SMILES string of the molecule is Cc1ccccc1C(c1ncccc1C)N(C)C(=O)C1CCN(Cc2ccccn2)CC1. The number of aromatic nitrogens is 2. The average molecular weight is 429 g/mol. The number of nitrogens with zero attached hydrogens (tertiary/aromatic N) is 4. The number of hydrogen-bond acceptors (Lipinski definition) is 4. The van der Waals surface area contributed by atoms with E-state index in [0.29, 0.717) is 0 Å². The number of rotatable bonds is 6. The lowest BCUT2D eigenvalue weighted by molar-refractivity contribution is -0.137. The van der Waals surface area contributed by atoms with Gasteiger partial charge in [0.1, 0.15) is 0 Å². The Morgan fingerprint density at radius 3 is 2.34 bits per heavy atom. The quantitative estimate of drug-likeness (QED) is 0.578. The maximum absolute atomic E-state index is 13.6. The topological polar surface area (TPSA) is 49.3 Å². The highest BCUT2D eigenvalue weighted by atomic mass is 16.2. The fraction of sp³-hybridized carbons (Fsp3) is 0.370. The van der Waals surface area contributed by atoms with Crippen molar-refractivity contribution in [2.75, 3.05) is 20.1 Å². The smallest absolute Gasteiger partial charge is 0.226 e. The van der Waals surface area contributed by atoms with Gasteiger partial charge in [-0.3, -0.25) is 19.7 Å². The van der Waals surface area contributed by atoms with Crippen LogP contribution in [0.15, 0.2) is 67.0 Å². The molecule has 2 aromatic heterocycles. The Morgan fingerprint density at radius 2 is 1.66 bits per heavy atom. The third kappa shape index (κ3) is 4.89. The lowest BCUT2D eigenvalue weighted by Gasteiger charge is -2.36. The number of aryl methyl sites for hydroxylation is 2. The van der Waals surface area contributed by atoms with Gasteiger partial charge >= 0.3 is 0 Å². The molecule has 3 aromatic rings. The molecule has 0 N–H and O–H groups in total. The molecule has 1 aromatic carbocycles. The summed E-state index contributed by atoms with van der Waals surface area (Å²) in [6.45, 7) is 6.85. The molecule has 1 unspecified atom stereocenters. The molecule has 0 bridgehead atoms. The van der Waals surface area contributed by atoms with Crippen molar-refractivity contribution < 1.29 is 4.79 Å². The Balaban J connectivity index is 1.50. The summed E-state index contributed by atoms with van der Waals surface area (Å²) in [4.78, 5) is 27.1. The molecule has 32 heavy (non-hydrogen) atoms. The minimum Gasteiger partial charge on any atom is -0.333 e. The van der Waals surface area contributed by atoms with E-state index in [4.69, 9.17) is 4.98 Å². The van der Waals surface area contributed by atoms with Crippen LogP contribution < -0.4 is 0 Å². The molecule has 1 aliphatic rings. The first kappa shape index (κ1) is 22.2. The zero-order valence-corrected chi connectivity index (χ0v) is 19.2. The van der Waals surface area contributed by atoms with Crippen molar-refractivity contribution in [1.29, 1.82) is 0 Å². The molecule has 1 aliphatic heterocycles. The van der Waals surface area contributed by atoms with Crippen LogP contribution in [-0.4, -0.2) is 45.8 Å². The molecule has 1 amide bonds. The minimum atomic E-state index is -0.184. The molecule has 0 spiro atoms. The fourth-order valence-corrected chi connectivity index (χ4v) is 4.69. The molecule has 0 aliphatic carbocycles. The van der Waals surface area contributed by atoms with Crippen LogP contribution in [0.3, 0.4) is 0 Å². The van der Waals surface area contributed by atoms with E-state index >= 15 is 0 Å². The van der Waals surface area contributed by atoms with Crippen LogP contribution in [0.1, 0.15) is 47.0 Å². The lowest BCUT2D eigenvalue weighted by atomic mass is 9.91. The van der Waals surface area contributed by atoms with E-state index in [9.17, 15) is 4.79 Å². The highest BCUT2D eigenvalue weighted by Gasteiger charge is 2.33. The van der Waals surface area contributed by atoms with Crippen LogP contribution in [-0.2, 0) is 11.3 Å². The highest BCUT2D eigenvalue weighted by molar-refractivity contribution is 5.79. The first-order valence-corrected chi connectivity index (χ1v) is 11.4. The minimum absolute atomic E-state index is 0.0375. The van der Waals surface area contributed by atoms with Crippen molar-refractivity contribution in [3.05, 3.63) is 95.1 Å². The molecule has 1 atom stereocenters. The second-order valence-corrected chi connectivity index (χ2v) is 8.79. The molecular formula is C27H32N4O. The van der Waals surface area contributed by atoms with E-state index in [-0.39, 0.29) is 17.9 Å². The van der Waals surface area contributed by atoms with Crippen molar-refractivity contribution in [3.8, 4) is 0 Å². The van der Waals surface area contributed by atoms with Crippen molar-refractivity contribution in [2.45, 2.75) is 39.3 Å². The monoisotopic (exact) mass is 428 g/mol. The Hall–Kier alpha value is -3.05. The Kier molecular flexibility index (Phi) is 6.96. The normalized spacial score (nSPS) is 16.0. The zero-order valence-electron chi connectivity index (χ0n) is 19.2. The number of carbonyl (C=O) groups excluding carboxylic acids is 1. The molecule has 3 heterocycles.